The number of fused-ring (bicyclic) bond motifs is 1. The Kier molecular flexibility index (Phi) is 5.92. The SMILES string of the molecule is C[C@@H]1CN(C(=O)c2cccc(-c3ccc4cc(O)ccc4c3)c2)[C@@H](C)CN1.Cl. The summed E-state index contributed by atoms with van der Waals surface area (Å²) in [5.74, 6) is 0.352. The predicted molar refractivity (Wildman–Crippen MR) is 116 cm³/mol. The Balaban J connectivity index is 0.00000225. The van der Waals surface area contributed by atoms with Gasteiger partial charge in [-0.2, -0.15) is 0 Å². The van der Waals surface area contributed by atoms with E-state index >= 15 is 0 Å². The van der Waals surface area contributed by atoms with Gasteiger partial charge in [0.25, 0.3) is 5.91 Å². The third-order valence-electron chi connectivity index (χ3n) is 5.29. The largest absolute Gasteiger partial charge is 0.508 e. The zero-order chi connectivity index (χ0) is 19.0. The minimum Gasteiger partial charge on any atom is -0.508 e. The lowest BCUT2D eigenvalue weighted by molar-refractivity contribution is 0.0616. The van der Waals surface area contributed by atoms with E-state index in [1.165, 1.54) is 0 Å². The monoisotopic (exact) mass is 396 g/mol. The first-order valence-electron chi connectivity index (χ1n) is 9.39. The number of piperazine rings is 1. The Bertz CT molecular complexity index is 1000. The molecule has 1 fully saturated rings. The van der Waals surface area contributed by atoms with Crippen LogP contribution in [-0.4, -0.2) is 41.1 Å². The van der Waals surface area contributed by atoms with Crippen molar-refractivity contribution in [3.05, 3.63) is 66.2 Å². The second-order valence-corrected chi connectivity index (χ2v) is 7.44. The van der Waals surface area contributed by atoms with E-state index in [-0.39, 0.29) is 30.1 Å². The highest BCUT2D eigenvalue weighted by Crippen LogP contribution is 2.27. The van der Waals surface area contributed by atoms with Gasteiger partial charge in [0.15, 0.2) is 0 Å². The molecule has 2 atom stereocenters. The summed E-state index contributed by atoms with van der Waals surface area (Å²) in [5.41, 5.74) is 2.80. The first kappa shape index (κ1) is 20.2. The van der Waals surface area contributed by atoms with E-state index in [1.54, 1.807) is 12.1 Å². The van der Waals surface area contributed by atoms with Crippen LogP contribution in [-0.2, 0) is 0 Å². The smallest absolute Gasteiger partial charge is 0.254 e. The number of halogens is 1. The van der Waals surface area contributed by atoms with Crippen molar-refractivity contribution < 1.29 is 9.90 Å². The van der Waals surface area contributed by atoms with E-state index in [1.807, 2.05) is 47.4 Å². The number of hydrogen-bond acceptors (Lipinski definition) is 3. The van der Waals surface area contributed by atoms with Crippen LogP contribution in [0.15, 0.2) is 60.7 Å². The maximum Gasteiger partial charge on any atom is 0.254 e. The molecule has 0 unspecified atom stereocenters. The van der Waals surface area contributed by atoms with Crippen LogP contribution in [0.2, 0.25) is 0 Å². The van der Waals surface area contributed by atoms with Crippen molar-refractivity contribution in [1.82, 2.24) is 10.2 Å². The molecule has 0 aliphatic carbocycles. The average molecular weight is 397 g/mol. The summed E-state index contributed by atoms with van der Waals surface area (Å²) in [6, 6.07) is 19.8. The number of carbonyl (C=O) groups excluding carboxylic acids is 1. The summed E-state index contributed by atoms with van der Waals surface area (Å²) in [6.07, 6.45) is 0. The first-order chi connectivity index (χ1) is 13.0. The molecule has 28 heavy (non-hydrogen) atoms. The lowest BCUT2D eigenvalue weighted by atomic mass is 9.99. The fourth-order valence-corrected chi connectivity index (χ4v) is 3.71. The van der Waals surface area contributed by atoms with Crippen molar-refractivity contribution in [1.29, 1.82) is 0 Å². The first-order valence-corrected chi connectivity index (χ1v) is 9.39. The van der Waals surface area contributed by atoms with Gasteiger partial charge in [0.2, 0.25) is 0 Å². The molecule has 1 aliphatic rings. The number of amides is 1. The van der Waals surface area contributed by atoms with Gasteiger partial charge >= 0.3 is 0 Å². The fourth-order valence-electron chi connectivity index (χ4n) is 3.71. The summed E-state index contributed by atoms with van der Waals surface area (Å²) in [5, 5.41) is 15.1. The van der Waals surface area contributed by atoms with E-state index in [0.717, 1.165) is 40.6 Å². The van der Waals surface area contributed by atoms with E-state index in [2.05, 4.69) is 25.2 Å². The van der Waals surface area contributed by atoms with Gasteiger partial charge in [-0.15, -0.1) is 12.4 Å². The molecular weight excluding hydrogens is 372 g/mol. The lowest BCUT2D eigenvalue weighted by Crippen LogP contribution is -2.56. The highest BCUT2D eigenvalue weighted by Gasteiger charge is 2.27. The number of aromatic hydroxyl groups is 1. The number of nitrogens with one attached hydrogen (secondary N) is 1. The molecule has 4 rings (SSSR count). The lowest BCUT2D eigenvalue weighted by Gasteiger charge is -2.37. The van der Waals surface area contributed by atoms with Gasteiger partial charge in [-0.25, -0.2) is 0 Å². The minimum absolute atomic E-state index is 0. The number of rotatable bonds is 2. The Labute approximate surface area is 171 Å². The average Bonchev–Trinajstić information content (AvgIpc) is 2.69. The molecular formula is C23H25ClN2O2. The molecule has 0 bridgehead atoms. The summed E-state index contributed by atoms with van der Waals surface area (Å²) in [7, 11) is 0. The predicted octanol–water partition coefficient (Wildman–Crippen LogP) is 4.46. The molecule has 2 N–H and O–H groups in total. The fraction of sp³-hybridized carbons (Fsp3) is 0.261. The van der Waals surface area contributed by atoms with Gasteiger partial charge in [0.05, 0.1) is 0 Å². The van der Waals surface area contributed by atoms with Crippen molar-refractivity contribution in [3.8, 4) is 16.9 Å². The zero-order valence-corrected chi connectivity index (χ0v) is 16.9. The van der Waals surface area contributed by atoms with Gasteiger partial charge in [0, 0.05) is 30.7 Å². The van der Waals surface area contributed by atoms with Gasteiger partial charge in [-0.1, -0.05) is 30.3 Å². The molecule has 0 aromatic heterocycles. The number of hydrogen-bond donors (Lipinski definition) is 2. The summed E-state index contributed by atoms with van der Waals surface area (Å²) in [6.45, 7) is 5.74. The Morgan fingerprint density at radius 3 is 2.54 bits per heavy atom. The topological polar surface area (TPSA) is 52.6 Å². The van der Waals surface area contributed by atoms with E-state index in [9.17, 15) is 9.90 Å². The maximum atomic E-state index is 13.1. The number of benzene rings is 3. The van der Waals surface area contributed by atoms with Crippen molar-refractivity contribution in [3.63, 3.8) is 0 Å². The van der Waals surface area contributed by atoms with Crippen LogP contribution >= 0.6 is 12.4 Å². The summed E-state index contributed by atoms with van der Waals surface area (Å²) >= 11 is 0. The maximum absolute atomic E-state index is 13.1. The van der Waals surface area contributed by atoms with Crippen LogP contribution in [0.4, 0.5) is 0 Å². The van der Waals surface area contributed by atoms with Crippen LogP contribution in [0.5, 0.6) is 5.75 Å². The van der Waals surface area contributed by atoms with Crippen molar-refractivity contribution in [2.45, 2.75) is 25.9 Å². The van der Waals surface area contributed by atoms with E-state index < -0.39 is 0 Å². The van der Waals surface area contributed by atoms with Gasteiger partial charge in [0.1, 0.15) is 5.75 Å². The summed E-state index contributed by atoms with van der Waals surface area (Å²) in [4.78, 5) is 15.0. The molecule has 0 radical (unpaired) electrons. The molecule has 1 aliphatic heterocycles. The second kappa shape index (κ2) is 8.21. The van der Waals surface area contributed by atoms with Crippen molar-refractivity contribution >= 4 is 29.1 Å². The second-order valence-electron chi connectivity index (χ2n) is 7.44. The molecule has 5 heteroatoms. The third-order valence-corrected chi connectivity index (χ3v) is 5.29. The number of carbonyl (C=O) groups is 1. The molecule has 1 heterocycles. The van der Waals surface area contributed by atoms with Crippen LogP contribution in [0.3, 0.4) is 0 Å². The van der Waals surface area contributed by atoms with Crippen molar-refractivity contribution in [2.24, 2.45) is 0 Å². The normalized spacial score (nSPS) is 19.3. The Morgan fingerprint density at radius 2 is 1.71 bits per heavy atom. The highest BCUT2D eigenvalue weighted by molar-refractivity contribution is 5.96. The van der Waals surface area contributed by atoms with Gasteiger partial charge < -0.3 is 15.3 Å². The molecule has 1 amide bonds. The van der Waals surface area contributed by atoms with Crippen molar-refractivity contribution in [2.75, 3.05) is 13.1 Å². The van der Waals surface area contributed by atoms with E-state index in [4.69, 9.17) is 0 Å². The minimum atomic E-state index is 0. The quantitative estimate of drug-likeness (QED) is 0.672. The number of phenols is 1. The molecule has 0 saturated carbocycles. The zero-order valence-electron chi connectivity index (χ0n) is 16.1. The molecule has 1 saturated heterocycles. The molecule has 4 nitrogen and oxygen atoms in total. The van der Waals surface area contributed by atoms with Crippen LogP contribution in [0.25, 0.3) is 21.9 Å². The number of nitrogens with zero attached hydrogens (tertiary/aromatic N) is 1. The Hall–Kier alpha value is -2.56. The number of phenolic OH excluding ortho intramolecular Hbond substituents is 1. The van der Waals surface area contributed by atoms with Gasteiger partial charge in [-0.3, -0.25) is 4.79 Å². The third kappa shape index (κ3) is 3.98. The molecule has 0 spiro atoms. The van der Waals surface area contributed by atoms with Crippen LogP contribution in [0.1, 0.15) is 24.2 Å². The highest BCUT2D eigenvalue weighted by atomic mass is 35.5. The van der Waals surface area contributed by atoms with Gasteiger partial charge in [-0.05, 0) is 66.1 Å². The molecule has 3 aromatic rings. The van der Waals surface area contributed by atoms with E-state index in [0.29, 0.717) is 6.04 Å². The molecule has 3 aromatic carbocycles. The van der Waals surface area contributed by atoms with Crippen LogP contribution in [0, 0.1) is 0 Å². The van der Waals surface area contributed by atoms with Crippen LogP contribution < -0.4 is 5.32 Å². The standard InChI is InChI=1S/C23H24N2O2.ClH/c1-15-14-25(16(2)13-24-15)23(27)21-5-3-4-17(11-21)18-6-7-20-12-22(26)9-8-19(20)10-18;/h3-12,15-16,24,26H,13-14H2,1-2H3;1H/t15-,16+;/m1./s1. The molecule has 146 valence electrons. The summed E-state index contributed by atoms with van der Waals surface area (Å²) < 4.78 is 0. The Morgan fingerprint density at radius 1 is 1.00 bits per heavy atom.